The zero-order chi connectivity index (χ0) is 8.06. The van der Waals surface area contributed by atoms with Crippen LogP contribution in [0, 0.1) is 5.92 Å². The third kappa shape index (κ3) is 0.924. The molecule has 1 aliphatic carbocycles. The van der Waals surface area contributed by atoms with Crippen LogP contribution in [0.4, 0.5) is 0 Å². The highest BCUT2D eigenvalue weighted by Gasteiger charge is 2.46. The molecule has 0 aromatic heterocycles. The van der Waals surface area contributed by atoms with Gasteiger partial charge >= 0.3 is 0 Å². The van der Waals surface area contributed by atoms with E-state index < -0.39 is 10.0 Å². The predicted octanol–water partition coefficient (Wildman–Crippen LogP) is 0.430. The zero-order valence-corrected chi connectivity index (χ0v) is 7.47. The van der Waals surface area contributed by atoms with Crippen molar-refractivity contribution in [2.45, 2.75) is 24.5 Å². The lowest BCUT2D eigenvalue weighted by molar-refractivity contribution is 0.452. The topological polar surface area (TPSA) is 37.4 Å². The van der Waals surface area contributed by atoms with Gasteiger partial charge in [-0.1, -0.05) is 6.42 Å². The summed E-state index contributed by atoms with van der Waals surface area (Å²) in [4.78, 5) is 0. The van der Waals surface area contributed by atoms with Gasteiger partial charge in [0.1, 0.15) is 0 Å². The lowest BCUT2D eigenvalue weighted by Crippen LogP contribution is -2.25. The summed E-state index contributed by atoms with van der Waals surface area (Å²) in [5.74, 6) is 0.435. The minimum atomic E-state index is -2.87. The second kappa shape index (κ2) is 2.20. The van der Waals surface area contributed by atoms with Crippen LogP contribution in [-0.2, 0) is 10.0 Å². The fourth-order valence-corrected chi connectivity index (χ4v) is 4.30. The minimum Gasteiger partial charge on any atom is -0.212 e. The van der Waals surface area contributed by atoms with Gasteiger partial charge in [-0.15, -0.1) is 0 Å². The molecule has 1 saturated carbocycles. The minimum absolute atomic E-state index is 0.0347. The molecule has 1 heterocycles. The Balaban J connectivity index is 2.35. The van der Waals surface area contributed by atoms with Crippen molar-refractivity contribution >= 4 is 10.0 Å². The van der Waals surface area contributed by atoms with Crippen molar-refractivity contribution in [2.24, 2.45) is 5.92 Å². The Kier molecular flexibility index (Phi) is 1.51. The molecule has 0 N–H and O–H groups in total. The standard InChI is InChI=1S/C7H13NO2S/c1-8-5-6-3-2-4-7(6)11(8,9)10/h6-7H,2-5H2,1H3. The third-order valence-electron chi connectivity index (χ3n) is 2.90. The van der Waals surface area contributed by atoms with Gasteiger partial charge in [0.05, 0.1) is 5.25 Å². The molecule has 0 aromatic carbocycles. The molecule has 2 atom stereocenters. The average molecular weight is 175 g/mol. The van der Waals surface area contributed by atoms with Crippen molar-refractivity contribution < 1.29 is 8.42 Å². The normalized spacial score (nSPS) is 42.6. The summed E-state index contributed by atoms with van der Waals surface area (Å²) in [5, 5.41) is -0.0347. The molecule has 1 saturated heterocycles. The smallest absolute Gasteiger partial charge is 0.212 e. The first-order valence-electron chi connectivity index (χ1n) is 4.07. The molecule has 2 unspecified atom stereocenters. The Labute approximate surface area is 67.4 Å². The molecule has 4 heteroatoms. The highest BCUT2D eigenvalue weighted by atomic mass is 32.2. The molecule has 0 amide bonds. The number of fused-ring (bicyclic) bond motifs is 1. The predicted molar refractivity (Wildman–Crippen MR) is 42.7 cm³/mol. The van der Waals surface area contributed by atoms with Crippen LogP contribution in [0.25, 0.3) is 0 Å². The summed E-state index contributed by atoms with van der Waals surface area (Å²) in [6, 6.07) is 0. The second-order valence-corrected chi connectivity index (χ2v) is 5.81. The van der Waals surface area contributed by atoms with Crippen LogP contribution in [-0.4, -0.2) is 31.6 Å². The van der Waals surface area contributed by atoms with Gasteiger partial charge < -0.3 is 0 Å². The maximum atomic E-state index is 11.5. The van der Waals surface area contributed by atoms with Crippen LogP contribution >= 0.6 is 0 Å². The van der Waals surface area contributed by atoms with Gasteiger partial charge in [-0.3, -0.25) is 0 Å². The van der Waals surface area contributed by atoms with Crippen molar-refractivity contribution in [1.82, 2.24) is 4.31 Å². The number of sulfonamides is 1. The van der Waals surface area contributed by atoms with E-state index in [9.17, 15) is 8.42 Å². The van der Waals surface area contributed by atoms with Crippen LogP contribution in [0.2, 0.25) is 0 Å². The van der Waals surface area contributed by atoms with Gasteiger partial charge in [-0.05, 0) is 18.8 Å². The highest BCUT2D eigenvalue weighted by Crippen LogP contribution is 2.38. The van der Waals surface area contributed by atoms with Crippen LogP contribution in [0.1, 0.15) is 19.3 Å². The molecule has 1 aliphatic heterocycles. The molecule has 2 rings (SSSR count). The van der Waals surface area contributed by atoms with E-state index in [-0.39, 0.29) is 5.25 Å². The van der Waals surface area contributed by atoms with E-state index in [1.807, 2.05) is 0 Å². The van der Waals surface area contributed by atoms with Crippen molar-refractivity contribution in [3.63, 3.8) is 0 Å². The van der Waals surface area contributed by atoms with E-state index in [1.54, 1.807) is 7.05 Å². The molecule has 0 bridgehead atoms. The summed E-state index contributed by atoms with van der Waals surface area (Å²) in [6.07, 6.45) is 3.09. The fraction of sp³-hybridized carbons (Fsp3) is 1.00. The van der Waals surface area contributed by atoms with E-state index in [0.29, 0.717) is 5.92 Å². The van der Waals surface area contributed by atoms with Crippen LogP contribution < -0.4 is 0 Å². The van der Waals surface area contributed by atoms with Crippen LogP contribution in [0.15, 0.2) is 0 Å². The quantitative estimate of drug-likeness (QED) is 0.535. The first-order valence-corrected chi connectivity index (χ1v) is 5.58. The lowest BCUT2D eigenvalue weighted by atomic mass is 10.1. The molecule has 0 aromatic rings. The third-order valence-corrected chi connectivity index (χ3v) is 5.30. The molecule has 0 spiro atoms. The molecule has 2 aliphatic rings. The van der Waals surface area contributed by atoms with Crippen molar-refractivity contribution in [2.75, 3.05) is 13.6 Å². The average Bonchev–Trinajstić information content (AvgIpc) is 2.41. The first-order chi connectivity index (χ1) is 5.12. The molecule has 2 fully saturated rings. The SMILES string of the molecule is CN1CC2CCCC2S1(=O)=O. The van der Waals surface area contributed by atoms with Crippen molar-refractivity contribution in [1.29, 1.82) is 0 Å². The van der Waals surface area contributed by atoms with E-state index >= 15 is 0 Å². The molecular formula is C7H13NO2S. The molecule has 64 valence electrons. The molecule has 0 radical (unpaired) electrons. The number of hydrogen-bond acceptors (Lipinski definition) is 2. The Morgan fingerprint density at radius 2 is 2.09 bits per heavy atom. The van der Waals surface area contributed by atoms with E-state index in [1.165, 1.54) is 4.31 Å². The summed E-state index contributed by atoms with van der Waals surface area (Å²) in [7, 11) is -1.18. The van der Waals surface area contributed by atoms with Crippen LogP contribution in [0.3, 0.4) is 0 Å². The maximum absolute atomic E-state index is 11.5. The summed E-state index contributed by atoms with van der Waals surface area (Å²) >= 11 is 0. The summed E-state index contributed by atoms with van der Waals surface area (Å²) < 4.78 is 24.5. The summed E-state index contributed by atoms with van der Waals surface area (Å²) in [5.41, 5.74) is 0. The van der Waals surface area contributed by atoms with Gasteiger partial charge in [0.25, 0.3) is 0 Å². The second-order valence-electron chi connectivity index (χ2n) is 3.55. The lowest BCUT2D eigenvalue weighted by Gasteiger charge is -2.08. The number of nitrogens with zero attached hydrogens (tertiary/aromatic N) is 1. The highest BCUT2D eigenvalue weighted by molar-refractivity contribution is 7.90. The van der Waals surface area contributed by atoms with Gasteiger partial charge in [0.15, 0.2) is 0 Å². The Morgan fingerprint density at radius 1 is 1.36 bits per heavy atom. The molecule has 11 heavy (non-hydrogen) atoms. The Hall–Kier alpha value is -0.0900. The van der Waals surface area contributed by atoms with Crippen molar-refractivity contribution in [3.05, 3.63) is 0 Å². The number of rotatable bonds is 0. The van der Waals surface area contributed by atoms with Crippen molar-refractivity contribution in [3.8, 4) is 0 Å². The monoisotopic (exact) mass is 175 g/mol. The first kappa shape index (κ1) is 7.55. The van der Waals surface area contributed by atoms with E-state index in [4.69, 9.17) is 0 Å². The van der Waals surface area contributed by atoms with E-state index in [0.717, 1.165) is 25.8 Å². The maximum Gasteiger partial charge on any atom is 0.217 e. The van der Waals surface area contributed by atoms with Gasteiger partial charge in [-0.25, -0.2) is 12.7 Å². The largest absolute Gasteiger partial charge is 0.217 e. The molecular weight excluding hydrogens is 162 g/mol. The zero-order valence-electron chi connectivity index (χ0n) is 6.66. The molecule has 3 nitrogen and oxygen atoms in total. The van der Waals surface area contributed by atoms with E-state index in [2.05, 4.69) is 0 Å². The Bertz CT molecular complexity index is 260. The van der Waals surface area contributed by atoms with Gasteiger partial charge in [0, 0.05) is 13.6 Å². The summed E-state index contributed by atoms with van der Waals surface area (Å²) in [6.45, 7) is 0.757. The van der Waals surface area contributed by atoms with Crippen LogP contribution in [0.5, 0.6) is 0 Å². The van der Waals surface area contributed by atoms with Gasteiger partial charge in [0.2, 0.25) is 10.0 Å². The number of hydrogen-bond donors (Lipinski definition) is 0. The Morgan fingerprint density at radius 3 is 2.73 bits per heavy atom. The van der Waals surface area contributed by atoms with Gasteiger partial charge in [-0.2, -0.15) is 0 Å². The fourth-order valence-electron chi connectivity index (χ4n) is 2.27.